The summed E-state index contributed by atoms with van der Waals surface area (Å²) in [6.07, 6.45) is 25.6. The van der Waals surface area contributed by atoms with Crippen LogP contribution in [-0.4, -0.2) is 4.75 Å². The molecule has 2 unspecified atom stereocenters. The Morgan fingerprint density at radius 1 is 0.656 bits per heavy atom. The van der Waals surface area contributed by atoms with Crippen molar-refractivity contribution in [1.82, 2.24) is 0 Å². The molecule has 2 heterocycles. The third-order valence-electron chi connectivity index (χ3n) is 8.24. The minimum atomic E-state index is -0.279. The lowest BCUT2D eigenvalue weighted by molar-refractivity contribution is 0.237. The molecule has 2 atom stereocenters. The summed E-state index contributed by atoms with van der Waals surface area (Å²) in [6.45, 7) is 0. The normalized spacial score (nSPS) is 35.9. The molecule has 0 N–H and O–H groups in total. The Balaban J connectivity index is 1.61. The fraction of sp³-hybridized carbons (Fsp3) is 0.133. The zero-order chi connectivity index (χ0) is 21.0. The summed E-state index contributed by atoms with van der Waals surface area (Å²) in [4.78, 5) is 0. The van der Waals surface area contributed by atoms with Crippen LogP contribution >= 0.6 is 11.8 Å². The van der Waals surface area contributed by atoms with E-state index >= 15 is 0 Å². The standard InChI is InChI=1S/C30H20OS/c1-3-9-24-21(7-1)11-16-27-17-12-22-8-2-4-10-25(22)30(24,27)32-29-15-6-5-14-28(27,29)20-26-23(19-29)13-18-31-26/h1-20H. The topological polar surface area (TPSA) is 13.1 Å². The van der Waals surface area contributed by atoms with Gasteiger partial charge in [0.2, 0.25) is 0 Å². The Kier molecular flexibility index (Phi) is 2.92. The molecule has 1 saturated heterocycles. The molecule has 1 aliphatic heterocycles. The quantitative estimate of drug-likeness (QED) is 0.473. The lowest BCUT2D eigenvalue weighted by Gasteiger charge is -2.54. The van der Waals surface area contributed by atoms with Crippen molar-refractivity contribution >= 4 is 36.1 Å². The predicted molar refractivity (Wildman–Crippen MR) is 132 cm³/mol. The Hall–Kier alpha value is -3.23. The van der Waals surface area contributed by atoms with E-state index in [0.717, 1.165) is 5.42 Å². The van der Waals surface area contributed by atoms with Crippen molar-refractivity contribution < 1.29 is 4.42 Å². The molecule has 0 bridgehead atoms. The average Bonchev–Trinajstić information content (AvgIpc) is 3.38. The third-order valence-corrected chi connectivity index (χ3v) is 10.3. The Morgan fingerprint density at radius 3 is 2.09 bits per heavy atom. The van der Waals surface area contributed by atoms with Gasteiger partial charge in [-0.2, -0.15) is 0 Å². The van der Waals surface area contributed by atoms with Gasteiger partial charge in [-0.25, -0.2) is 0 Å². The Morgan fingerprint density at radius 2 is 1.34 bits per heavy atom. The Bertz CT molecular complexity index is 1520. The smallest absolute Gasteiger partial charge is 0.130 e. The zero-order valence-electron chi connectivity index (χ0n) is 17.4. The maximum Gasteiger partial charge on any atom is 0.130 e. The monoisotopic (exact) mass is 428 g/mol. The van der Waals surface area contributed by atoms with Crippen LogP contribution in [0.25, 0.3) is 24.3 Å². The highest BCUT2D eigenvalue weighted by Crippen LogP contribution is 2.82. The van der Waals surface area contributed by atoms with E-state index in [1.165, 1.54) is 27.5 Å². The van der Waals surface area contributed by atoms with Gasteiger partial charge in [-0.1, -0.05) is 103 Å². The summed E-state index contributed by atoms with van der Waals surface area (Å²) in [5.41, 5.74) is 5.86. The largest absolute Gasteiger partial charge is 0.465 e. The minimum Gasteiger partial charge on any atom is -0.465 e. The van der Waals surface area contributed by atoms with E-state index in [-0.39, 0.29) is 20.3 Å². The molecule has 3 aromatic rings. The van der Waals surface area contributed by atoms with E-state index in [1.807, 2.05) is 6.26 Å². The second-order valence-corrected chi connectivity index (χ2v) is 10.9. The van der Waals surface area contributed by atoms with Crippen LogP contribution in [0.4, 0.5) is 0 Å². The van der Waals surface area contributed by atoms with Crippen molar-refractivity contribution in [3.63, 3.8) is 0 Å². The van der Waals surface area contributed by atoms with Crippen molar-refractivity contribution in [1.29, 1.82) is 0 Å². The van der Waals surface area contributed by atoms with Crippen LogP contribution in [0.1, 0.15) is 22.3 Å². The molecule has 4 aliphatic carbocycles. The van der Waals surface area contributed by atoms with Crippen LogP contribution in [0.5, 0.6) is 0 Å². The number of benzene rings is 2. The highest BCUT2D eigenvalue weighted by Gasteiger charge is 2.76. The molecule has 5 aliphatic rings. The lowest BCUT2D eigenvalue weighted by atomic mass is 9.46. The van der Waals surface area contributed by atoms with Crippen molar-refractivity contribution in [2.75, 3.05) is 0 Å². The van der Waals surface area contributed by atoms with Gasteiger partial charge in [0.1, 0.15) is 5.42 Å². The van der Waals surface area contributed by atoms with Crippen molar-refractivity contribution in [3.8, 4) is 0 Å². The summed E-state index contributed by atoms with van der Waals surface area (Å²) in [6, 6.07) is 20.0. The lowest BCUT2D eigenvalue weighted by Crippen LogP contribution is -2.55. The molecule has 0 amide bonds. The van der Waals surface area contributed by atoms with Gasteiger partial charge in [-0.05, 0) is 34.4 Å². The van der Waals surface area contributed by atoms with Gasteiger partial charge in [0.25, 0.3) is 0 Å². The van der Waals surface area contributed by atoms with E-state index in [0.29, 0.717) is 0 Å². The molecule has 0 radical (unpaired) electrons. The summed E-state index contributed by atoms with van der Waals surface area (Å²) < 4.78 is 5.52. The van der Waals surface area contributed by atoms with Crippen LogP contribution in [0.15, 0.2) is 102 Å². The molecule has 0 spiro atoms. The summed E-state index contributed by atoms with van der Waals surface area (Å²) in [5, 5.41) is 1.19. The molecule has 32 heavy (non-hydrogen) atoms. The molecule has 2 heteroatoms. The second-order valence-electron chi connectivity index (χ2n) is 9.40. The number of furan rings is 1. The number of allylic oxidation sites excluding steroid dienone is 5. The maximum absolute atomic E-state index is 6.00. The fourth-order valence-electron chi connectivity index (χ4n) is 7.00. The summed E-state index contributed by atoms with van der Waals surface area (Å²) in [5.74, 6) is 0. The molecule has 1 nitrogen and oxygen atoms in total. The number of thioether (sulfide) groups is 1. The third kappa shape index (κ3) is 1.62. The van der Waals surface area contributed by atoms with Crippen LogP contribution in [-0.2, 0) is 4.75 Å². The van der Waals surface area contributed by atoms with E-state index in [9.17, 15) is 0 Å². The van der Waals surface area contributed by atoms with Crippen LogP contribution in [0.2, 0.25) is 0 Å². The number of hydrogen-bond acceptors (Lipinski definition) is 2. The zero-order valence-corrected chi connectivity index (χ0v) is 18.2. The Labute approximate surface area is 190 Å². The fourth-order valence-corrected chi connectivity index (χ4v) is 9.37. The van der Waals surface area contributed by atoms with E-state index in [1.54, 1.807) is 0 Å². The molecule has 0 saturated carbocycles. The van der Waals surface area contributed by atoms with Gasteiger partial charge in [0, 0.05) is 16.0 Å². The molecular formula is C30H20OS. The number of rotatable bonds is 0. The summed E-state index contributed by atoms with van der Waals surface area (Å²) >= 11 is 2.11. The van der Waals surface area contributed by atoms with E-state index < -0.39 is 0 Å². The van der Waals surface area contributed by atoms with Crippen LogP contribution < -0.4 is 10.6 Å². The first-order valence-corrected chi connectivity index (χ1v) is 12.0. The van der Waals surface area contributed by atoms with E-state index in [2.05, 4.69) is 127 Å². The van der Waals surface area contributed by atoms with Gasteiger partial charge < -0.3 is 4.42 Å². The molecule has 2 aromatic carbocycles. The second kappa shape index (κ2) is 5.39. The number of hydrogen-bond donors (Lipinski definition) is 0. The van der Waals surface area contributed by atoms with Gasteiger partial charge in [-0.3, -0.25) is 0 Å². The average molecular weight is 429 g/mol. The molecule has 1 fully saturated rings. The first-order valence-electron chi connectivity index (χ1n) is 11.2. The SMILES string of the molecule is C1=CC23C=c4ccoc4=CC2(C=C1)C12C=Cc4ccccc4C1(S3)c1ccccc1C=C2. The van der Waals surface area contributed by atoms with Crippen molar-refractivity contribution in [2.45, 2.75) is 9.49 Å². The maximum atomic E-state index is 6.00. The first-order chi connectivity index (χ1) is 15.7. The minimum absolute atomic E-state index is 0.220. The number of fused-ring (bicyclic) bond motifs is 3. The van der Waals surface area contributed by atoms with Crippen molar-refractivity contribution in [2.24, 2.45) is 10.8 Å². The first kappa shape index (κ1) is 17.3. The summed E-state index contributed by atoms with van der Waals surface area (Å²) in [7, 11) is 0. The molecule has 8 rings (SSSR count). The van der Waals surface area contributed by atoms with Gasteiger partial charge in [-0.15, -0.1) is 11.8 Å². The van der Waals surface area contributed by atoms with Gasteiger partial charge >= 0.3 is 0 Å². The molecular weight excluding hydrogens is 408 g/mol. The van der Waals surface area contributed by atoms with Gasteiger partial charge in [0.15, 0.2) is 0 Å². The predicted octanol–water partition coefficient (Wildman–Crippen LogP) is 5.44. The van der Waals surface area contributed by atoms with Crippen LogP contribution in [0.3, 0.4) is 0 Å². The molecule has 1 aromatic heterocycles. The van der Waals surface area contributed by atoms with E-state index in [4.69, 9.17) is 4.42 Å². The highest BCUT2D eigenvalue weighted by molar-refractivity contribution is 8.02. The van der Waals surface area contributed by atoms with Crippen molar-refractivity contribution in [3.05, 3.63) is 130 Å². The highest BCUT2D eigenvalue weighted by atomic mass is 32.2. The van der Waals surface area contributed by atoms with Crippen LogP contribution in [0, 0.1) is 10.8 Å². The molecule has 152 valence electrons. The van der Waals surface area contributed by atoms with Gasteiger partial charge in [0.05, 0.1) is 15.8 Å².